The molecule has 0 N–H and O–H groups in total. The summed E-state index contributed by atoms with van der Waals surface area (Å²) in [6.45, 7) is 38.2. The maximum absolute atomic E-state index is 14.3. The number of rotatable bonds is 14. The quantitative estimate of drug-likeness (QED) is 0.170. The lowest BCUT2D eigenvalue weighted by atomic mass is 9.58. The molecule has 4 heteroatoms. The monoisotopic (exact) mass is 689 g/mol. The van der Waals surface area contributed by atoms with E-state index in [1.807, 2.05) is 0 Å². The van der Waals surface area contributed by atoms with Crippen LogP contribution in [0.15, 0.2) is 0 Å². The van der Waals surface area contributed by atoms with E-state index in [4.69, 9.17) is 9.47 Å². The van der Waals surface area contributed by atoms with E-state index in [1.165, 1.54) is 12.8 Å². The molecule has 0 saturated heterocycles. The molecule has 2 aliphatic rings. The van der Waals surface area contributed by atoms with E-state index in [-0.39, 0.29) is 34.3 Å². The van der Waals surface area contributed by atoms with E-state index in [2.05, 4.69) is 118 Å². The van der Waals surface area contributed by atoms with Gasteiger partial charge in [-0.25, -0.2) is 0 Å². The van der Waals surface area contributed by atoms with Crippen molar-refractivity contribution in [3.8, 4) is 0 Å². The minimum atomic E-state index is -0.592. The minimum absolute atomic E-state index is 0.000977. The van der Waals surface area contributed by atoms with Crippen LogP contribution in [0.3, 0.4) is 0 Å². The first-order valence-corrected chi connectivity index (χ1v) is 20.5. The summed E-state index contributed by atoms with van der Waals surface area (Å²) in [7, 11) is 0. The van der Waals surface area contributed by atoms with Crippen LogP contribution < -0.4 is 0 Å². The van der Waals surface area contributed by atoms with Crippen molar-refractivity contribution in [3.63, 3.8) is 0 Å². The lowest BCUT2D eigenvalue weighted by Crippen LogP contribution is -2.50. The Balaban J connectivity index is 2.05. The van der Waals surface area contributed by atoms with Gasteiger partial charge in [0.15, 0.2) is 0 Å². The fraction of sp³-hybridized carbons (Fsp3) is 0.956. The van der Waals surface area contributed by atoms with Crippen molar-refractivity contribution in [1.82, 2.24) is 0 Å². The standard InChI is InChI=1S/C45H84O4/c1-32(19-18-29-44(16,41(9,10)11)37(46)48-36-26-24-34(25-27-36)40(6,7)8)28-30-42(12,13)45(17,31-39(3,4)5)38(47)49-43(14,15)35-22-20-33(2)21-23-35/h32-36H,18-31H2,1-17H3. The zero-order valence-electron chi connectivity index (χ0n) is 35.9. The van der Waals surface area contributed by atoms with E-state index in [0.717, 1.165) is 83.0 Å². The van der Waals surface area contributed by atoms with Crippen molar-refractivity contribution in [3.05, 3.63) is 0 Å². The van der Waals surface area contributed by atoms with E-state index in [9.17, 15) is 9.59 Å². The van der Waals surface area contributed by atoms with Crippen molar-refractivity contribution in [2.24, 2.45) is 56.2 Å². The van der Waals surface area contributed by atoms with Gasteiger partial charge in [0, 0.05) is 0 Å². The number of hydrogen-bond acceptors (Lipinski definition) is 4. The average molecular weight is 689 g/mol. The number of ether oxygens (including phenoxy) is 2. The Morgan fingerprint density at radius 3 is 1.61 bits per heavy atom. The third-order valence-corrected chi connectivity index (χ3v) is 14.1. The third-order valence-electron chi connectivity index (χ3n) is 14.1. The number of carbonyl (C=O) groups is 2. The second kappa shape index (κ2) is 16.3. The Morgan fingerprint density at radius 1 is 0.633 bits per heavy atom. The molecule has 3 atom stereocenters. The lowest BCUT2D eigenvalue weighted by molar-refractivity contribution is -0.186. The summed E-state index contributed by atoms with van der Waals surface area (Å²) < 4.78 is 12.9. The second-order valence-corrected chi connectivity index (χ2v) is 22.3. The van der Waals surface area contributed by atoms with Gasteiger partial charge < -0.3 is 9.47 Å². The first kappa shape index (κ1) is 44.1. The summed E-state index contributed by atoms with van der Waals surface area (Å²) in [6, 6.07) is 0. The van der Waals surface area contributed by atoms with Crippen molar-refractivity contribution in [2.75, 3.05) is 0 Å². The molecule has 0 aromatic carbocycles. The molecular weight excluding hydrogens is 604 g/mol. The van der Waals surface area contributed by atoms with Gasteiger partial charge in [0.25, 0.3) is 0 Å². The number of esters is 2. The highest BCUT2D eigenvalue weighted by Gasteiger charge is 2.52. The summed E-state index contributed by atoms with van der Waals surface area (Å²) in [5.41, 5.74) is -1.66. The van der Waals surface area contributed by atoms with Crippen LogP contribution in [-0.4, -0.2) is 23.6 Å². The number of carbonyl (C=O) groups excluding carboxylic acids is 2. The van der Waals surface area contributed by atoms with Crippen molar-refractivity contribution >= 4 is 11.9 Å². The van der Waals surface area contributed by atoms with Crippen LogP contribution in [0.5, 0.6) is 0 Å². The first-order valence-electron chi connectivity index (χ1n) is 20.5. The smallest absolute Gasteiger partial charge is 0.312 e. The fourth-order valence-electron chi connectivity index (χ4n) is 8.98. The van der Waals surface area contributed by atoms with Gasteiger partial charge in [-0.1, -0.05) is 122 Å². The molecule has 0 aromatic rings. The topological polar surface area (TPSA) is 52.6 Å². The average Bonchev–Trinajstić information content (AvgIpc) is 2.94. The minimum Gasteiger partial charge on any atom is -0.462 e. The molecule has 288 valence electrons. The van der Waals surface area contributed by atoms with Gasteiger partial charge in [-0.05, 0) is 131 Å². The van der Waals surface area contributed by atoms with Crippen LogP contribution in [0, 0.1) is 56.2 Å². The number of hydrogen-bond donors (Lipinski definition) is 0. The summed E-state index contributed by atoms with van der Waals surface area (Å²) in [5, 5.41) is 0. The van der Waals surface area contributed by atoms with Gasteiger partial charge in [-0.15, -0.1) is 0 Å². The molecule has 0 radical (unpaired) electrons. The van der Waals surface area contributed by atoms with Gasteiger partial charge in [0.05, 0.1) is 10.8 Å². The van der Waals surface area contributed by atoms with Crippen molar-refractivity contribution in [2.45, 2.75) is 219 Å². The van der Waals surface area contributed by atoms with Crippen LogP contribution in [-0.2, 0) is 19.1 Å². The molecule has 2 aliphatic carbocycles. The van der Waals surface area contributed by atoms with Crippen LogP contribution in [0.2, 0.25) is 0 Å². The molecule has 0 amide bonds. The van der Waals surface area contributed by atoms with Crippen molar-refractivity contribution in [1.29, 1.82) is 0 Å². The molecular formula is C45H84O4. The second-order valence-electron chi connectivity index (χ2n) is 22.3. The molecule has 3 unspecified atom stereocenters. The van der Waals surface area contributed by atoms with Gasteiger partial charge >= 0.3 is 11.9 Å². The maximum atomic E-state index is 14.3. The van der Waals surface area contributed by atoms with Gasteiger partial charge in [0.2, 0.25) is 0 Å². The Hall–Kier alpha value is -1.06. The van der Waals surface area contributed by atoms with Crippen LogP contribution >= 0.6 is 0 Å². The van der Waals surface area contributed by atoms with E-state index < -0.39 is 16.4 Å². The molecule has 0 bridgehead atoms. The summed E-state index contributed by atoms with van der Waals surface area (Å²) >= 11 is 0. The third kappa shape index (κ3) is 12.0. The predicted octanol–water partition coefficient (Wildman–Crippen LogP) is 13.4. The fourth-order valence-corrected chi connectivity index (χ4v) is 8.98. The molecule has 0 spiro atoms. The SMILES string of the molecule is CC1CCC(C(C)(C)OC(=O)C(C)(CC(C)(C)C)C(C)(C)CCC(C)CCCC(C)(C(=O)OC2CCC(C(C)(C)C)CC2)C(C)(C)C)CC1. The summed E-state index contributed by atoms with van der Waals surface area (Å²) in [6.07, 6.45) is 14.8. The Morgan fingerprint density at radius 2 is 1.14 bits per heavy atom. The lowest BCUT2D eigenvalue weighted by Gasteiger charge is -2.48. The van der Waals surface area contributed by atoms with Gasteiger partial charge in [-0.3, -0.25) is 9.59 Å². The normalized spacial score (nSPS) is 26.3. The highest BCUT2D eigenvalue weighted by Crippen LogP contribution is 2.52. The predicted molar refractivity (Wildman–Crippen MR) is 208 cm³/mol. The molecule has 0 aliphatic heterocycles. The van der Waals surface area contributed by atoms with Crippen molar-refractivity contribution < 1.29 is 19.1 Å². The molecule has 49 heavy (non-hydrogen) atoms. The molecule has 0 heterocycles. The van der Waals surface area contributed by atoms with E-state index >= 15 is 0 Å². The largest absolute Gasteiger partial charge is 0.462 e. The van der Waals surface area contributed by atoms with Gasteiger partial charge in [-0.2, -0.15) is 0 Å². The van der Waals surface area contributed by atoms with E-state index in [1.54, 1.807) is 0 Å². The molecule has 0 aromatic heterocycles. The van der Waals surface area contributed by atoms with Gasteiger partial charge in [0.1, 0.15) is 11.7 Å². The highest BCUT2D eigenvalue weighted by atomic mass is 16.6. The summed E-state index contributed by atoms with van der Waals surface area (Å²) in [5.74, 6) is 2.38. The zero-order valence-corrected chi connectivity index (χ0v) is 35.9. The maximum Gasteiger partial charge on any atom is 0.312 e. The Kier molecular flexibility index (Phi) is 14.7. The molecule has 4 nitrogen and oxygen atoms in total. The Bertz CT molecular complexity index is 1050. The molecule has 2 saturated carbocycles. The zero-order chi connectivity index (χ0) is 37.9. The Labute approximate surface area is 305 Å². The molecule has 2 rings (SSSR count). The molecule has 2 fully saturated rings. The van der Waals surface area contributed by atoms with Crippen LogP contribution in [0.1, 0.15) is 208 Å². The first-order chi connectivity index (χ1) is 22.0. The summed E-state index contributed by atoms with van der Waals surface area (Å²) in [4.78, 5) is 28.2. The highest BCUT2D eigenvalue weighted by molar-refractivity contribution is 5.78. The van der Waals surface area contributed by atoms with Crippen LogP contribution in [0.25, 0.3) is 0 Å². The van der Waals surface area contributed by atoms with E-state index in [0.29, 0.717) is 23.2 Å². The van der Waals surface area contributed by atoms with Crippen LogP contribution in [0.4, 0.5) is 0 Å².